The highest BCUT2D eigenvalue weighted by atomic mass is 32.2. The number of para-hydroxylation sites is 2. The van der Waals surface area contributed by atoms with Gasteiger partial charge in [-0.1, -0.05) is 23.5 Å². The number of rotatable bonds is 7. The molecule has 2 aromatic carbocycles. The van der Waals surface area contributed by atoms with Gasteiger partial charge in [0, 0.05) is 19.2 Å². The van der Waals surface area contributed by atoms with Gasteiger partial charge in [0.1, 0.15) is 0 Å². The van der Waals surface area contributed by atoms with Crippen LogP contribution in [0.3, 0.4) is 0 Å². The molecule has 1 fully saturated rings. The van der Waals surface area contributed by atoms with Gasteiger partial charge in [0.05, 0.1) is 20.0 Å². The van der Waals surface area contributed by atoms with Crippen LogP contribution in [0.5, 0.6) is 5.75 Å². The molecule has 10 nitrogen and oxygen atoms in total. The average molecular weight is 463 g/mol. The van der Waals surface area contributed by atoms with Crippen LogP contribution >= 0.6 is 11.3 Å². The van der Waals surface area contributed by atoms with E-state index in [-0.39, 0.29) is 21.5 Å². The lowest BCUT2D eigenvalue weighted by molar-refractivity contribution is -0.385. The molecular weight excluding hydrogens is 444 g/mol. The highest BCUT2D eigenvalue weighted by Gasteiger charge is 2.27. The quantitative estimate of drug-likeness (QED) is 0.422. The Morgan fingerprint density at radius 1 is 1.23 bits per heavy atom. The molecule has 2 heterocycles. The third kappa shape index (κ3) is 4.50. The minimum Gasteiger partial charge on any atom is -0.477 e. The van der Waals surface area contributed by atoms with E-state index in [2.05, 4.69) is 10.3 Å². The maximum Gasteiger partial charge on any atom is 0.310 e. The van der Waals surface area contributed by atoms with Crippen molar-refractivity contribution in [3.05, 3.63) is 52.6 Å². The maximum atomic E-state index is 12.7. The topological polar surface area (TPSA) is 132 Å². The van der Waals surface area contributed by atoms with Crippen LogP contribution in [0.2, 0.25) is 0 Å². The summed E-state index contributed by atoms with van der Waals surface area (Å²) in [4.78, 5) is 27.1. The zero-order valence-corrected chi connectivity index (χ0v) is 17.8. The smallest absolute Gasteiger partial charge is 0.310 e. The molecule has 1 aliphatic heterocycles. The van der Waals surface area contributed by atoms with Crippen molar-refractivity contribution in [2.24, 2.45) is 0 Å². The van der Waals surface area contributed by atoms with Crippen LogP contribution in [-0.4, -0.2) is 48.2 Å². The third-order valence-corrected chi connectivity index (χ3v) is 7.56. The fourth-order valence-electron chi connectivity index (χ4n) is 3.23. The first kappa shape index (κ1) is 21.2. The number of benzene rings is 2. The molecule has 162 valence electrons. The summed E-state index contributed by atoms with van der Waals surface area (Å²) in [5.74, 6) is -0.550. The summed E-state index contributed by atoms with van der Waals surface area (Å²) in [6, 6.07) is 10.4. The summed E-state index contributed by atoms with van der Waals surface area (Å²) in [6.07, 6.45) is 1.71. The van der Waals surface area contributed by atoms with E-state index in [1.165, 1.54) is 28.6 Å². The highest BCUT2D eigenvalue weighted by Crippen LogP contribution is 2.30. The van der Waals surface area contributed by atoms with E-state index in [0.29, 0.717) is 23.3 Å². The molecule has 1 aliphatic rings. The number of nitro benzene ring substituents is 1. The molecule has 0 unspecified atom stereocenters. The molecule has 0 saturated carbocycles. The van der Waals surface area contributed by atoms with Crippen LogP contribution in [-0.2, 0) is 14.8 Å². The Hall–Kier alpha value is -3.09. The Morgan fingerprint density at radius 3 is 2.71 bits per heavy atom. The Labute approximate surface area is 181 Å². The van der Waals surface area contributed by atoms with Crippen LogP contribution in [0.4, 0.5) is 10.8 Å². The summed E-state index contributed by atoms with van der Waals surface area (Å²) in [7, 11) is -3.54. The first-order valence-corrected chi connectivity index (χ1v) is 11.7. The van der Waals surface area contributed by atoms with Crippen molar-refractivity contribution in [1.82, 2.24) is 9.29 Å². The number of hydrogen-bond donors (Lipinski definition) is 1. The number of aromatic nitrogens is 1. The van der Waals surface area contributed by atoms with Crippen LogP contribution in [0.1, 0.15) is 12.8 Å². The first-order valence-electron chi connectivity index (χ1n) is 9.41. The fraction of sp³-hybridized carbons (Fsp3) is 0.263. The SMILES string of the molecule is O=C(COc1ccccc1[N+](=O)[O-])Nc1nc2ccc(S(=O)(=O)N3CCCC3)cc2s1. The van der Waals surface area contributed by atoms with E-state index in [4.69, 9.17) is 4.74 Å². The van der Waals surface area contributed by atoms with E-state index in [1.54, 1.807) is 18.2 Å². The molecular formula is C19H18N4O6S2. The number of ether oxygens (including phenoxy) is 1. The summed E-state index contributed by atoms with van der Waals surface area (Å²) in [5.41, 5.74) is 0.322. The van der Waals surface area contributed by atoms with E-state index in [0.717, 1.165) is 24.2 Å². The Kier molecular flexibility index (Phi) is 5.85. The molecule has 0 aliphatic carbocycles. The van der Waals surface area contributed by atoms with Crippen molar-refractivity contribution in [1.29, 1.82) is 0 Å². The second-order valence-corrected chi connectivity index (χ2v) is 9.79. The minimum atomic E-state index is -3.54. The monoisotopic (exact) mass is 462 g/mol. The van der Waals surface area contributed by atoms with Gasteiger partial charge in [-0.2, -0.15) is 4.31 Å². The predicted molar refractivity (Wildman–Crippen MR) is 115 cm³/mol. The number of nitrogens with one attached hydrogen (secondary N) is 1. The molecule has 1 saturated heterocycles. The molecule has 1 amide bonds. The number of fused-ring (bicyclic) bond motifs is 1. The number of anilines is 1. The van der Waals surface area contributed by atoms with Gasteiger partial charge in [-0.25, -0.2) is 13.4 Å². The van der Waals surface area contributed by atoms with Crippen LogP contribution in [0.25, 0.3) is 10.2 Å². The Bertz CT molecular complexity index is 1250. The number of hydrogen-bond acceptors (Lipinski definition) is 8. The summed E-state index contributed by atoms with van der Waals surface area (Å²) in [5, 5.41) is 13.9. The first-order chi connectivity index (χ1) is 14.8. The van der Waals surface area contributed by atoms with Crippen LogP contribution in [0, 0.1) is 10.1 Å². The number of carbonyl (C=O) groups is 1. The minimum absolute atomic E-state index is 0.0105. The second kappa shape index (κ2) is 8.57. The van der Waals surface area contributed by atoms with E-state index in [1.807, 2.05) is 0 Å². The molecule has 0 spiro atoms. The van der Waals surface area contributed by atoms with Crippen LogP contribution < -0.4 is 10.1 Å². The van der Waals surface area contributed by atoms with E-state index < -0.39 is 27.5 Å². The molecule has 4 rings (SSSR count). The van der Waals surface area contributed by atoms with Crippen molar-refractivity contribution in [2.75, 3.05) is 25.0 Å². The van der Waals surface area contributed by atoms with Crippen molar-refractivity contribution in [3.63, 3.8) is 0 Å². The second-order valence-electron chi connectivity index (χ2n) is 6.82. The van der Waals surface area contributed by atoms with Gasteiger partial charge >= 0.3 is 5.69 Å². The Morgan fingerprint density at radius 2 is 1.97 bits per heavy atom. The van der Waals surface area contributed by atoms with Crippen molar-refractivity contribution >= 4 is 48.3 Å². The van der Waals surface area contributed by atoms with Gasteiger partial charge < -0.3 is 4.74 Å². The normalized spacial score (nSPS) is 14.6. The van der Waals surface area contributed by atoms with Crippen molar-refractivity contribution in [2.45, 2.75) is 17.7 Å². The largest absolute Gasteiger partial charge is 0.477 e. The molecule has 0 bridgehead atoms. The van der Waals surface area contributed by atoms with Gasteiger partial charge in [-0.05, 0) is 37.1 Å². The van der Waals surface area contributed by atoms with Gasteiger partial charge in [-0.3, -0.25) is 20.2 Å². The molecule has 3 aromatic rings. The zero-order chi connectivity index (χ0) is 22.0. The molecule has 31 heavy (non-hydrogen) atoms. The molecule has 0 atom stereocenters. The standard InChI is InChI=1S/C19H18N4O6S2/c24-18(12-29-16-6-2-1-5-15(16)23(25)26)21-19-20-14-8-7-13(11-17(14)30-19)31(27,28)22-9-3-4-10-22/h1-2,5-8,11H,3-4,9-10,12H2,(H,20,21,24). The predicted octanol–water partition coefficient (Wildman–Crippen LogP) is 3.01. The summed E-state index contributed by atoms with van der Waals surface area (Å²) >= 11 is 1.14. The maximum absolute atomic E-state index is 12.7. The highest BCUT2D eigenvalue weighted by molar-refractivity contribution is 7.89. The fourth-order valence-corrected chi connectivity index (χ4v) is 5.76. The molecule has 12 heteroatoms. The number of nitro groups is 1. The van der Waals surface area contributed by atoms with Gasteiger partial charge in [0.25, 0.3) is 5.91 Å². The van der Waals surface area contributed by atoms with Gasteiger partial charge in [-0.15, -0.1) is 0 Å². The van der Waals surface area contributed by atoms with Crippen molar-refractivity contribution < 1.29 is 22.9 Å². The number of sulfonamides is 1. The van der Waals surface area contributed by atoms with Crippen LogP contribution in [0.15, 0.2) is 47.4 Å². The number of amides is 1. The lowest BCUT2D eigenvalue weighted by Crippen LogP contribution is -2.27. The summed E-state index contributed by atoms with van der Waals surface area (Å²) in [6.45, 7) is 0.600. The summed E-state index contributed by atoms with van der Waals surface area (Å²) < 4.78 is 32.8. The van der Waals surface area contributed by atoms with E-state index >= 15 is 0 Å². The zero-order valence-electron chi connectivity index (χ0n) is 16.2. The third-order valence-electron chi connectivity index (χ3n) is 4.73. The van der Waals surface area contributed by atoms with Gasteiger partial charge in [0.2, 0.25) is 10.0 Å². The van der Waals surface area contributed by atoms with E-state index in [9.17, 15) is 23.3 Å². The molecule has 1 aromatic heterocycles. The van der Waals surface area contributed by atoms with Gasteiger partial charge in [0.15, 0.2) is 17.5 Å². The molecule has 0 radical (unpaired) electrons. The average Bonchev–Trinajstić information content (AvgIpc) is 3.41. The number of thiazole rings is 1. The lowest BCUT2D eigenvalue weighted by Gasteiger charge is -2.15. The lowest BCUT2D eigenvalue weighted by atomic mass is 10.3. The van der Waals surface area contributed by atoms with Crippen molar-refractivity contribution in [3.8, 4) is 5.75 Å². The Balaban J connectivity index is 1.45. The number of carbonyl (C=O) groups excluding carboxylic acids is 1. The number of nitrogens with zero attached hydrogens (tertiary/aromatic N) is 3. The molecule has 1 N–H and O–H groups in total.